The van der Waals surface area contributed by atoms with Gasteiger partial charge in [-0.15, -0.1) is 0 Å². The Morgan fingerprint density at radius 1 is 1.29 bits per heavy atom. The molecule has 2 saturated heterocycles. The molecule has 0 saturated carbocycles. The number of hydrogen-bond donors (Lipinski definition) is 1. The zero-order chi connectivity index (χ0) is 14.8. The maximum atomic E-state index is 12.1. The first-order valence-corrected chi connectivity index (χ1v) is 7.71. The van der Waals surface area contributed by atoms with Gasteiger partial charge >= 0.3 is 0 Å². The number of para-hydroxylation sites is 1. The molecule has 1 N–H and O–H groups in total. The maximum absolute atomic E-state index is 12.1. The Morgan fingerprint density at radius 3 is 2.86 bits per heavy atom. The summed E-state index contributed by atoms with van der Waals surface area (Å²) in [4.78, 5) is 12.1. The predicted octanol–water partition coefficient (Wildman–Crippen LogP) is 2.44. The second-order valence-electron chi connectivity index (χ2n) is 7.01. The minimum atomic E-state index is -0.323. The SMILES string of the molecule is C[C@@H]1NC(=O)[C@H]2C[C@H]3[C@H](O[C@@H]12)c1ccccc1OC3(C)C. The molecule has 2 fully saturated rings. The quantitative estimate of drug-likeness (QED) is 0.797. The van der Waals surface area contributed by atoms with Crippen LogP contribution in [-0.4, -0.2) is 23.7 Å². The fourth-order valence-corrected chi connectivity index (χ4v) is 4.13. The molecular weight excluding hydrogens is 266 g/mol. The van der Waals surface area contributed by atoms with Crippen LogP contribution in [0.1, 0.15) is 38.9 Å². The average molecular weight is 287 g/mol. The van der Waals surface area contributed by atoms with Crippen molar-refractivity contribution in [3.05, 3.63) is 29.8 Å². The molecule has 0 aromatic heterocycles. The Hall–Kier alpha value is -1.55. The van der Waals surface area contributed by atoms with E-state index in [0.717, 1.165) is 17.7 Å². The molecule has 3 heterocycles. The highest BCUT2D eigenvalue weighted by Crippen LogP contribution is 2.52. The number of hydrogen-bond acceptors (Lipinski definition) is 3. The van der Waals surface area contributed by atoms with Crippen molar-refractivity contribution >= 4 is 5.91 Å². The number of fused-ring (bicyclic) bond motifs is 4. The van der Waals surface area contributed by atoms with Crippen molar-refractivity contribution in [2.24, 2.45) is 11.8 Å². The molecule has 0 unspecified atom stereocenters. The van der Waals surface area contributed by atoms with Crippen LogP contribution >= 0.6 is 0 Å². The molecule has 5 atom stereocenters. The number of carbonyl (C=O) groups excluding carboxylic acids is 1. The van der Waals surface area contributed by atoms with Gasteiger partial charge in [0.1, 0.15) is 11.4 Å². The van der Waals surface area contributed by atoms with E-state index in [4.69, 9.17) is 9.47 Å². The van der Waals surface area contributed by atoms with Crippen molar-refractivity contribution in [3.63, 3.8) is 0 Å². The molecule has 4 heteroatoms. The fraction of sp³-hybridized carbons (Fsp3) is 0.588. The third-order valence-corrected chi connectivity index (χ3v) is 5.26. The molecule has 0 aliphatic carbocycles. The summed E-state index contributed by atoms with van der Waals surface area (Å²) in [6, 6.07) is 8.18. The number of benzene rings is 1. The van der Waals surface area contributed by atoms with E-state index >= 15 is 0 Å². The van der Waals surface area contributed by atoms with Crippen LogP contribution in [-0.2, 0) is 9.53 Å². The van der Waals surface area contributed by atoms with Crippen LogP contribution in [0.4, 0.5) is 0 Å². The molecule has 21 heavy (non-hydrogen) atoms. The summed E-state index contributed by atoms with van der Waals surface area (Å²) in [6.07, 6.45) is 0.814. The molecule has 3 aliphatic heterocycles. The Morgan fingerprint density at radius 2 is 2.05 bits per heavy atom. The lowest BCUT2D eigenvalue weighted by Gasteiger charge is -2.49. The van der Waals surface area contributed by atoms with E-state index in [2.05, 4.69) is 25.2 Å². The Balaban J connectivity index is 1.77. The lowest BCUT2D eigenvalue weighted by molar-refractivity contribution is -0.170. The van der Waals surface area contributed by atoms with Gasteiger partial charge in [-0.2, -0.15) is 0 Å². The van der Waals surface area contributed by atoms with E-state index in [-0.39, 0.29) is 41.6 Å². The summed E-state index contributed by atoms with van der Waals surface area (Å²) in [5.74, 6) is 1.19. The molecule has 1 aromatic rings. The molecule has 1 amide bonds. The smallest absolute Gasteiger partial charge is 0.226 e. The third kappa shape index (κ3) is 1.81. The van der Waals surface area contributed by atoms with E-state index in [9.17, 15) is 4.79 Å². The van der Waals surface area contributed by atoms with Gasteiger partial charge in [-0.25, -0.2) is 0 Å². The second-order valence-corrected chi connectivity index (χ2v) is 7.01. The maximum Gasteiger partial charge on any atom is 0.226 e. The summed E-state index contributed by atoms with van der Waals surface area (Å²) in [5.41, 5.74) is 0.794. The van der Waals surface area contributed by atoms with Gasteiger partial charge in [-0.1, -0.05) is 18.2 Å². The zero-order valence-electron chi connectivity index (χ0n) is 12.6. The lowest BCUT2D eigenvalue weighted by Crippen LogP contribution is -2.51. The van der Waals surface area contributed by atoms with Crippen molar-refractivity contribution in [2.45, 2.75) is 51.0 Å². The third-order valence-electron chi connectivity index (χ3n) is 5.26. The van der Waals surface area contributed by atoms with Crippen LogP contribution < -0.4 is 10.1 Å². The first-order chi connectivity index (χ1) is 9.97. The van der Waals surface area contributed by atoms with Crippen LogP contribution in [0.15, 0.2) is 24.3 Å². The summed E-state index contributed by atoms with van der Waals surface area (Å²) < 4.78 is 12.6. The molecule has 3 aliphatic rings. The Bertz CT molecular complexity index is 597. The van der Waals surface area contributed by atoms with Crippen molar-refractivity contribution < 1.29 is 14.3 Å². The number of amides is 1. The molecular formula is C17H21NO3. The minimum Gasteiger partial charge on any atom is -0.487 e. The standard InChI is InChI=1S/C17H21NO3/c1-9-14-11(16(19)18-9)8-12-15(20-14)10-6-4-5-7-13(10)21-17(12,2)3/h4-7,9,11-12,14-15H,8H2,1-3H3,(H,18,19)/t9-,11-,12-,14-,15+/m0/s1. The largest absolute Gasteiger partial charge is 0.487 e. The lowest BCUT2D eigenvalue weighted by atomic mass is 9.72. The van der Waals surface area contributed by atoms with Gasteiger partial charge in [-0.05, 0) is 33.3 Å². The highest BCUT2D eigenvalue weighted by molar-refractivity contribution is 5.82. The van der Waals surface area contributed by atoms with Crippen LogP contribution in [0.25, 0.3) is 0 Å². The Labute approximate surface area is 124 Å². The van der Waals surface area contributed by atoms with E-state index in [1.54, 1.807) is 0 Å². The summed E-state index contributed by atoms with van der Waals surface area (Å²) in [5, 5.41) is 3.02. The monoisotopic (exact) mass is 287 g/mol. The number of carbonyl (C=O) groups is 1. The number of rotatable bonds is 0. The highest BCUT2D eigenvalue weighted by Gasteiger charge is 2.55. The highest BCUT2D eigenvalue weighted by atomic mass is 16.5. The van der Waals surface area contributed by atoms with E-state index in [0.29, 0.717) is 0 Å². The molecule has 0 spiro atoms. The van der Waals surface area contributed by atoms with Crippen molar-refractivity contribution in [3.8, 4) is 5.75 Å². The van der Waals surface area contributed by atoms with Crippen LogP contribution in [0.2, 0.25) is 0 Å². The first kappa shape index (κ1) is 13.1. The van der Waals surface area contributed by atoms with Crippen molar-refractivity contribution in [1.29, 1.82) is 0 Å². The van der Waals surface area contributed by atoms with Gasteiger partial charge in [0, 0.05) is 11.5 Å². The fourth-order valence-electron chi connectivity index (χ4n) is 4.13. The predicted molar refractivity (Wildman–Crippen MR) is 78.0 cm³/mol. The molecule has 0 radical (unpaired) electrons. The number of ether oxygens (including phenoxy) is 2. The summed E-state index contributed by atoms with van der Waals surface area (Å²) >= 11 is 0. The zero-order valence-corrected chi connectivity index (χ0v) is 12.6. The van der Waals surface area contributed by atoms with Crippen LogP contribution in [0.5, 0.6) is 5.75 Å². The minimum absolute atomic E-state index is 0.0151. The van der Waals surface area contributed by atoms with Crippen molar-refractivity contribution in [2.75, 3.05) is 0 Å². The van der Waals surface area contributed by atoms with E-state index in [1.165, 1.54) is 0 Å². The summed E-state index contributed by atoms with van der Waals surface area (Å²) in [7, 11) is 0. The van der Waals surface area contributed by atoms with Gasteiger partial charge < -0.3 is 14.8 Å². The van der Waals surface area contributed by atoms with Gasteiger partial charge in [0.25, 0.3) is 0 Å². The van der Waals surface area contributed by atoms with Crippen molar-refractivity contribution in [1.82, 2.24) is 5.32 Å². The molecule has 1 aromatic carbocycles. The van der Waals surface area contributed by atoms with Crippen LogP contribution in [0, 0.1) is 11.8 Å². The molecule has 4 rings (SSSR count). The van der Waals surface area contributed by atoms with Gasteiger partial charge in [-0.3, -0.25) is 4.79 Å². The average Bonchev–Trinajstić information content (AvgIpc) is 2.72. The normalized spacial score (nSPS) is 39.6. The molecule has 0 bridgehead atoms. The molecule has 4 nitrogen and oxygen atoms in total. The Kier molecular flexibility index (Phi) is 2.65. The summed E-state index contributed by atoms with van der Waals surface area (Å²) in [6.45, 7) is 6.22. The number of nitrogens with one attached hydrogen (secondary N) is 1. The second kappa shape index (κ2) is 4.23. The van der Waals surface area contributed by atoms with Gasteiger partial charge in [0.2, 0.25) is 5.91 Å². The van der Waals surface area contributed by atoms with E-state index < -0.39 is 0 Å². The van der Waals surface area contributed by atoms with E-state index in [1.807, 2.05) is 25.1 Å². The van der Waals surface area contributed by atoms with Crippen LogP contribution in [0.3, 0.4) is 0 Å². The topological polar surface area (TPSA) is 47.6 Å². The molecule has 112 valence electrons. The van der Waals surface area contributed by atoms with Gasteiger partial charge in [0.05, 0.1) is 24.2 Å². The van der Waals surface area contributed by atoms with Gasteiger partial charge in [0.15, 0.2) is 0 Å². The first-order valence-electron chi connectivity index (χ1n) is 7.71.